The molecule has 2 saturated carbocycles. The summed E-state index contributed by atoms with van der Waals surface area (Å²) in [5.41, 5.74) is 1.04. The number of anilines is 1. The Balaban J connectivity index is 1.56. The van der Waals surface area contributed by atoms with E-state index in [0.29, 0.717) is 30.2 Å². The van der Waals surface area contributed by atoms with Crippen LogP contribution >= 0.6 is 0 Å². The molecule has 3 aliphatic rings. The van der Waals surface area contributed by atoms with Gasteiger partial charge in [0, 0.05) is 43.8 Å². The minimum Gasteiger partial charge on any atom is -0.490 e. The van der Waals surface area contributed by atoms with E-state index in [9.17, 15) is 14.7 Å². The van der Waals surface area contributed by atoms with E-state index in [-0.39, 0.29) is 48.5 Å². The zero-order chi connectivity index (χ0) is 31.5. The first-order valence-electron chi connectivity index (χ1n) is 17.6. The number of rotatable bonds is 8. The number of nitrogens with zero attached hydrogens (tertiary/aromatic N) is 2. The number of hydrogen-bond acceptors (Lipinski definition) is 6. The van der Waals surface area contributed by atoms with Crippen LogP contribution in [-0.2, 0) is 9.53 Å². The zero-order valence-electron chi connectivity index (χ0n) is 27.9. The molecule has 0 spiro atoms. The second-order valence-corrected chi connectivity index (χ2v) is 14.1. The highest BCUT2D eigenvalue weighted by atomic mass is 16.5. The summed E-state index contributed by atoms with van der Waals surface area (Å²) < 4.78 is 12.9. The van der Waals surface area contributed by atoms with Crippen LogP contribution in [0.25, 0.3) is 0 Å². The first-order chi connectivity index (χ1) is 21.2. The van der Waals surface area contributed by atoms with Gasteiger partial charge in [0.05, 0.1) is 30.4 Å². The Morgan fingerprint density at radius 2 is 1.68 bits per heavy atom. The van der Waals surface area contributed by atoms with Crippen molar-refractivity contribution in [3.8, 4) is 5.75 Å². The molecule has 2 amide bonds. The van der Waals surface area contributed by atoms with Crippen LogP contribution in [0.4, 0.5) is 5.69 Å². The molecule has 0 unspecified atom stereocenters. The molecule has 0 bridgehead atoms. The topological polar surface area (TPSA) is 91.3 Å². The quantitative estimate of drug-likeness (QED) is 0.347. The molecule has 8 heteroatoms. The lowest BCUT2D eigenvalue weighted by molar-refractivity contribution is -0.120. The maximum absolute atomic E-state index is 14.4. The van der Waals surface area contributed by atoms with Gasteiger partial charge >= 0.3 is 0 Å². The Morgan fingerprint density at radius 3 is 2.39 bits per heavy atom. The van der Waals surface area contributed by atoms with Crippen molar-refractivity contribution in [3.05, 3.63) is 23.8 Å². The molecule has 44 heavy (non-hydrogen) atoms. The summed E-state index contributed by atoms with van der Waals surface area (Å²) in [6, 6.07) is 5.05. The van der Waals surface area contributed by atoms with Crippen molar-refractivity contribution in [2.24, 2.45) is 17.8 Å². The molecule has 248 valence electrons. The number of carbonyl (C=O) groups is 2. The monoisotopic (exact) mass is 613 g/mol. The van der Waals surface area contributed by atoms with Crippen LogP contribution in [0.5, 0.6) is 5.75 Å². The van der Waals surface area contributed by atoms with Gasteiger partial charge in [0.2, 0.25) is 5.91 Å². The Labute approximate surface area is 266 Å². The Bertz CT molecular complexity index is 1040. The predicted octanol–water partition coefficient (Wildman–Crippen LogP) is 6.51. The molecular weight excluding hydrogens is 554 g/mol. The summed E-state index contributed by atoms with van der Waals surface area (Å²) in [6.45, 7) is 8.99. The van der Waals surface area contributed by atoms with Crippen molar-refractivity contribution >= 4 is 17.5 Å². The van der Waals surface area contributed by atoms with Crippen molar-refractivity contribution in [1.82, 2.24) is 9.80 Å². The summed E-state index contributed by atoms with van der Waals surface area (Å²) in [7, 11) is 2.20. The lowest BCUT2D eigenvalue weighted by Gasteiger charge is -2.36. The third-order valence-corrected chi connectivity index (χ3v) is 10.1. The second kappa shape index (κ2) is 17.5. The summed E-state index contributed by atoms with van der Waals surface area (Å²) in [5.74, 6) is 1.19. The number of fused-ring (bicyclic) bond motifs is 1. The molecular formula is C36H59N3O5. The van der Waals surface area contributed by atoms with Crippen LogP contribution in [0.2, 0.25) is 0 Å². The number of amides is 2. The minimum atomic E-state index is -0.385. The molecule has 1 aromatic rings. The van der Waals surface area contributed by atoms with Crippen molar-refractivity contribution in [2.45, 2.75) is 122 Å². The van der Waals surface area contributed by atoms with Crippen molar-refractivity contribution in [3.63, 3.8) is 0 Å². The smallest absolute Gasteiger partial charge is 0.258 e. The van der Waals surface area contributed by atoms with Gasteiger partial charge in [-0.05, 0) is 90.0 Å². The van der Waals surface area contributed by atoms with Crippen LogP contribution in [-0.4, -0.2) is 84.9 Å². The fourth-order valence-corrected chi connectivity index (χ4v) is 7.26. The molecule has 1 heterocycles. The first-order valence-corrected chi connectivity index (χ1v) is 17.6. The maximum Gasteiger partial charge on any atom is 0.258 e. The Morgan fingerprint density at radius 1 is 1.00 bits per heavy atom. The SMILES string of the molecule is C[C@H]1CCCCO[C@H](CN(C)CC2CCCCC2)[C@@H](C)CN([C@@H](C)CO)C(=O)c2cc(NC(=O)C3CCCCC3)ccc2O1. The van der Waals surface area contributed by atoms with Crippen molar-refractivity contribution in [1.29, 1.82) is 0 Å². The minimum absolute atomic E-state index is 0.0179. The van der Waals surface area contributed by atoms with Gasteiger partial charge in [0.1, 0.15) is 5.75 Å². The number of aliphatic hydroxyl groups is 1. The van der Waals surface area contributed by atoms with Gasteiger partial charge in [-0.25, -0.2) is 0 Å². The largest absolute Gasteiger partial charge is 0.490 e. The van der Waals surface area contributed by atoms with E-state index in [0.717, 1.165) is 64.0 Å². The average molecular weight is 614 g/mol. The molecule has 1 aliphatic heterocycles. The van der Waals surface area contributed by atoms with Gasteiger partial charge in [-0.3, -0.25) is 9.59 Å². The van der Waals surface area contributed by atoms with E-state index in [1.807, 2.05) is 26.0 Å². The van der Waals surface area contributed by atoms with E-state index in [4.69, 9.17) is 9.47 Å². The van der Waals surface area contributed by atoms with Gasteiger partial charge < -0.3 is 29.7 Å². The van der Waals surface area contributed by atoms with Crippen LogP contribution < -0.4 is 10.1 Å². The molecule has 2 aliphatic carbocycles. The fraction of sp³-hybridized carbons (Fsp3) is 0.778. The van der Waals surface area contributed by atoms with E-state index in [1.165, 1.54) is 38.5 Å². The van der Waals surface area contributed by atoms with E-state index < -0.39 is 0 Å². The average Bonchev–Trinajstić information content (AvgIpc) is 3.03. The van der Waals surface area contributed by atoms with Crippen LogP contribution in [0.15, 0.2) is 18.2 Å². The number of hydrogen-bond donors (Lipinski definition) is 2. The van der Waals surface area contributed by atoms with Crippen molar-refractivity contribution in [2.75, 3.05) is 45.2 Å². The molecule has 4 atom stereocenters. The van der Waals surface area contributed by atoms with Crippen LogP contribution in [0, 0.1) is 17.8 Å². The third kappa shape index (κ3) is 10.2. The van der Waals surface area contributed by atoms with Gasteiger partial charge in [-0.1, -0.05) is 45.4 Å². The second-order valence-electron chi connectivity index (χ2n) is 14.1. The number of aliphatic hydroxyl groups excluding tert-OH is 1. The fourth-order valence-electron chi connectivity index (χ4n) is 7.26. The lowest BCUT2D eigenvalue weighted by atomic mass is 9.88. The van der Waals surface area contributed by atoms with Crippen molar-refractivity contribution < 1.29 is 24.2 Å². The highest BCUT2D eigenvalue weighted by Crippen LogP contribution is 2.30. The highest BCUT2D eigenvalue weighted by molar-refractivity contribution is 6.00. The summed E-state index contributed by atoms with van der Waals surface area (Å²) >= 11 is 0. The van der Waals surface area contributed by atoms with E-state index in [1.54, 1.807) is 11.0 Å². The molecule has 0 aromatic heterocycles. The lowest BCUT2D eigenvalue weighted by Crippen LogP contribution is -2.47. The normalized spacial score (nSPS) is 26.0. The molecule has 0 radical (unpaired) electrons. The molecule has 2 fully saturated rings. The molecule has 1 aromatic carbocycles. The van der Waals surface area contributed by atoms with E-state index >= 15 is 0 Å². The van der Waals surface area contributed by atoms with Gasteiger partial charge in [0.15, 0.2) is 0 Å². The summed E-state index contributed by atoms with van der Waals surface area (Å²) in [5, 5.41) is 13.3. The number of carbonyl (C=O) groups excluding carboxylic acids is 2. The molecule has 0 saturated heterocycles. The molecule has 4 rings (SSSR count). The number of nitrogens with one attached hydrogen (secondary N) is 1. The summed E-state index contributed by atoms with van der Waals surface area (Å²) in [4.78, 5) is 31.6. The molecule has 2 N–H and O–H groups in total. The number of ether oxygens (including phenoxy) is 2. The number of benzene rings is 1. The first kappa shape index (κ1) is 34.7. The number of likely N-dealkylation sites (N-methyl/N-ethyl adjacent to an activating group) is 1. The van der Waals surface area contributed by atoms with Gasteiger partial charge in [-0.15, -0.1) is 0 Å². The van der Waals surface area contributed by atoms with Gasteiger partial charge in [0.25, 0.3) is 5.91 Å². The highest BCUT2D eigenvalue weighted by Gasteiger charge is 2.31. The standard InChI is InChI=1S/C36H59N3O5/c1-26-22-39(27(2)25-40)36(42)32-21-31(37-35(41)30-16-9-6-10-17-30)18-19-33(32)44-28(3)13-11-12-20-43-34(26)24-38(4)23-29-14-7-5-8-15-29/h18-19,21,26-30,34,40H,5-17,20,22-25H2,1-4H3,(H,37,41)/t26-,27-,28-,34+/m0/s1. The molecule has 8 nitrogen and oxygen atoms in total. The summed E-state index contributed by atoms with van der Waals surface area (Å²) in [6.07, 6.45) is 14.5. The maximum atomic E-state index is 14.4. The predicted molar refractivity (Wildman–Crippen MR) is 176 cm³/mol. The Kier molecular flexibility index (Phi) is 13.8. The van der Waals surface area contributed by atoms with Gasteiger partial charge in [-0.2, -0.15) is 0 Å². The van der Waals surface area contributed by atoms with Crippen LogP contribution in [0.1, 0.15) is 115 Å². The zero-order valence-corrected chi connectivity index (χ0v) is 27.9. The van der Waals surface area contributed by atoms with E-state index in [2.05, 4.69) is 24.2 Å². The third-order valence-electron chi connectivity index (χ3n) is 10.1. The van der Waals surface area contributed by atoms with Crippen LogP contribution in [0.3, 0.4) is 0 Å². The Hall–Kier alpha value is -2.16.